The van der Waals surface area contributed by atoms with Crippen molar-refractivity contribution in [3.8, 4) is 11.5 Å². The third kappa shape index (κ3) is 4.86. The lowest BCUT2D eigenvalue weighted by Gasteiger charge is -2.09. The molecule has 26 heavy (non-hydrogen) atoms. The maximum absolute atomic E-state index is 5.35. The largest absolute Gasteiger partial charge is 0.493 e. The number of nitrogens with one attached hydrogen (secondary N) is 1. The van der Waals surface area contributed by atoms with Crippen LogP contribution in [-0.4, -0.2) is 30.5 Å². The quantitative estimate of drug-likeness (QED) is 0.601. The van der Waals surface area contributed by atoms with E-state index in [1.807, 2.05) is 29.1 Å². The summed E-state index contributed by atoms with van der Waals surface area (Å²) in [4.78, 5) is 0. The summed E-state index contributed by atoms with van der Waals surface area (Å²) in [7, 11) is 3.31. The molecule has 3 rings (SSSR count). The molecule has 0 fully saturated rings. The molecule has 0 amide bonds. The first-order valence-corrected chi connectivity index (χ1v) is 8.75. The van der Waals surface area contributed by atoms with Crippen molar-refractivity contribution in [1.82, 2.24) is 15.1 Å². The molecule has 0 saturated carbocycles. The number of aromatic nitrogens is 2. The van der Waals surface area contributed by atoms with E-state index in [0.717, 1.165) is 37.6 Å². The molecule has 2 aromatic carbocycles. The van der Waals surface area contributed by atoms with Crippen molar-refractivity contribution >= 4 is 0 Å². The fraction of sp³-hybridized carbons (Fsp3) is 0.286. The molecule has 0 unspecified atom stereocenters. The molecule has 0 bridgehead atoms. The molecule has 0 saturated heterocycles. The number of nitrogens with zero attached hydrogens (tertiary/aromatic N) is 2. The topological polar surface area (TPSA) is 48.3 Å². The van der Waals surface area contributed by atoms with Crippen molar-refractivity contribution in [3.63, 3.8) is 0 Å². The first-order chi connectivity index (χ1) is 12.8. The van der Waals surface area contributed by atoms with E-state index in [9.17, 15) is 0 Å². The van der Waals surface area contributed by atoms with Gasteiger partial charge in [-0.25, -0.2) is 0 Å². The third-order valence-electron chi connectivity index (χ3n) is 4.24. The van der Waals surface area contributed by atoms with Crippen LogP contribution in [-0.2, 0) is 19.5 Å². The summed E-state index contributed by atoms with van der Waals surface area (Å²) >= 11 is 0. The number of hydrogen-bond donors (Lipinski definition) is 1. The zero-order valence-corrected chi connectivity index (χ0v) is 15.3. The molecule has 0 atom stereocenters. The van der Waals surface area contributed by atoms with E-state index in [1.54, 1.807) is 14.2 Å². The highest BCUT2D eigenvalue weighted by Gasteiger charge is 2.05. The zero-order chi connectivity index (χ0) is 18.2. The van der Waals surface area contributed by atoms with Crippen molar-refractivity contribution < 1.29 is 9.47 Å². The molecule has 0 aliphatic heterocycles. The predicted octanol–water partition coefficient (Wildman–Crippen LogP) is 3.28. The Morgan fingerprint density at radius 1 is 0.923 bits per heavy atom. The standard InChI is InChI=1S/C21H25N3O2/c1-25-20-9-8-17(12-21(20)26-2)10-11-22-13-19-14-23-24(16-19)15-18-6-4-3-5-7-18/h3-9,12,14,16,22H,10-11,13,15H2,1-2H3. The lowest BCUT2D eigenvalue weighted by atomic mass is 10.1. The summed E-state index contributed by atoms with van der Waals surface area (Å²) in [6.07, 6.45) is 4.95. The fourth-order valence-corrected chi connectivity index (χ4v) is 2.86. The van der Waals surface area contributed by atoms with Gasteiger partial charge in [-0.15, -0.1) is 0 Å². The molecule has 0 spiro atoms. The van der Waals surface area contributed by atoms with Gasteiger partial charge in [0.1, 0.15) is 0 Å². The van der Waals surface area contributed by atoms with Crippen LogP contribution in [0.25, 0.3) is 0 Å². The Morgan fingerprint density at radius 2 is 1.73 bits per heavy atom. The average Bonchev–Trinajstić information content (AvgIpc) is 3.13. The molecule has 5 heteroatoms. The Morgan fingerprint density at radius 3 is 2.50 bits per heavy atom. The first kappa shape index (κ1) is 18.0. The summed E-state index contributed by atoms with van der Waals surface area (Å²) < 4.78 is 12.6. The molecular formula is C21H25N3O2. The molecule has 1 N–H and O–H groups in total. The van der Waals surface area contributed by atoms with Crippen molar-refractivity contribution in [1.29, 1.82) is 0 Å². The first-order valence-electron chi connectivity index (χ1n) is 8.75. The summed E-state index contributed by atoms with van der Waals surface area (Å²) in [6, 6.07) is 16.4. The van der Waals surface area contributed by atoms with Crippen LogP contribution in [0, 0.1) is 0 Å². The Kier molecular flexibility index (Phi) is 6.28. The maximum Gasteiger partial charge on any atom is 0.160 e. The number of rotatable bonds is 9. The smallest absolute Gasteiger partial charge is 0.160 e. The van der Waals surface area contributed by atoms with Crippen molar-refractivity contribution in [2.24, 2.45) is 0 Å². The van der Waals surface area contributed by atoms with Crippen molar-refractivity contribution in [2.75, 3.05) is 20.8 Å². The van der Waals surface area contributed by atoms with Gasteiger partial charge in [0.25, 0.3) is 0 Å². The van der Waals surface area contributed by atoms with Gasteiger partial charge in [0.2, 0.25) is 0 Å². The van der Waals surface area contributed by atoms with E-state index in [1.165, 1.54) is 16.7 Å². The molecule has 136 valence electrons. The molecule has 0 aliphatic carbocycles. The SMILES string of the molecule is COc1ccc(CCNCc2cnn(Cc3ccccc3)c2)cc1OC. The lowest BCUT2D eigenvalue weighted by molar-refractivity contribution is 0.354. The maximum atomic E-state index is 5.35. The molecule has 5 nitrogen and oxygen atoms in total. The second-order valence-corrected chi connectivity index (χ2v) is 6.15. The van der Waals surface area contributed by atoms with Gasteiger partial charge in [0.05, 0.1) is 27.0 Å². The second-order valence-electron chi connectivity index (χ2n) is 6.15. The molecule has 0 radical (unpaired) electrons. The minimum absolute atomic E-state index is 0.759. The average molecular weight is 351 g/mol. The summed E-state index contributed by atoms with van der Waals surface area (Å²) in [5.41, 5.74) is 3.66. The van der Waals surface area contributed by atoms with Crippen LogP contribution in [0.5, 0.6) is 11.5 Å². The monoisotopic (exact) mass is 351 g/mol. The molecular weight excluding hydrogens is 326 g/mol. The number of hydrogen-bond acceptors (Lipinski definition) is 4. The Hall–Kier alpha value is -2.79. The molecule has 1 aromatic heterocycles. The normalized spacial score (nSPS) is 10.7. The number of methoxy groups -OCH3 is 2. The van der Waals surface area contributed by atoms with Crippen molar-refractivity contribution in [3.05, 3.63) is 77.6 Å². The van der Waals surface area contributed by atoms with Crippen LogP contribution >= 0.6 is 0 Å². The molecule has 3 aromatic rings. The molecule has 1 heterocycles. The Balaban J connectivity index is 1.45. The van der Waals surface area contributed by atoms with Gasteiger partial charge in [-0.2, -0.15) is 5.10 Å². The summed E-state index contributed by atoms with van der Waals surface area (Å²) in [5, 5.41) is 7.90. The van der Waals surface area contributed by atoms with Crippen LogP contribution in [0.15, 0.2) is 60.9 Å². The minimum atomic E-state index is 0.759. The Bertz CT molecular complexity index is 815. The van der Waals surface area contributed by atoms with Crippen LogP contribution in [0.2, 0.25) is 0 Å². The zero-order valence-electron chi connectivity index (χ0n) is 15.3. The van der Waals surface area contributed by atoms with E-state index < -0.39 is 0 Å². The van der Waals surface area contributed by atoms with Gasteiger partial charge in [0.15, 0.2) is 11.5 Å². The van der Waals surface area contributed by atoms with Gasteiger partial charge < -0.3 is 14.8 Å². The highest BCUT2D eigenvalue weighted by Crippen LogP contribution is 2.27. The van der Waals surface area contributed by atoms with Gasteiger partial charge in [-0.1, -0.05) is 36.4 Å². The highest BCUT2D eigenvalue weighted by atomic mass is 16.5. The van der Waals surface area contributed by atoms with Crippen LogP contribution in [0.1, 0.15) is 16.7 Å². The summed E-state index contributed by atoms with van der Waals surface area (Å²) in [6.45, 7) is 2.49. The van der Waals surface area contributed by atoms with E-state index in [0.29, 0.717) is 0 Å². The van der Waals surface area contributed by atoms with Gasteiger partial charge in [-0.3, -0.25) is 4.68 Å². The van der Waals surface area contributed by atoms with E-state index in [4.69, 9.17) is 9.47 Å². The van der Waals surface area contributed by atoms with E-state index >= 15 is 0 Å². The highest BCUT2D eigenvalue weighted by molar-refractivity contribution is 5.42. The van der Waals surface area contributed by atoms with E-state index in [-0.39, 0.29) is 0 Å². The van der Waals surface area contributed by atoms with Crippen LogP contribution in [0.3, 0.4) is 0 Å². The number of ether oxygens (including phenoxy) is 2. The molecule has 0 aliphatic rings. The third-order valence-corrected chi connectivity index (χ3v) is 4.24. The van der Waals surface area contributed by atoms with Crippen molar-refractivity contribution in [2.45, 2.75) is 19.5 Å². The van der Waals surface area contributed by atoms with Crippen LogP contribution < -0.4 is 14.8 Å². The lowest BCUT2D eigenvalue weighted by Crippen LogP contribution is -2.16. The second kappa shape index (κ2) is 9.06. The fourth-order valence-electron chi connectivity index (χ4n) is 2.86. The van der Waals surface area contributed by atoms with E-state index in [2.05, 4.69) is 46.9 Å². The van der Waals surface area contributed by atoms with Gasteiger partial charge >= 0.3 is 0 Å². The van der Waals surface area contributed by atoms with Gasteiger partial charge in [-0.05, 0) is 36.2 Å². The predicted molar refractivity (Wildman–Crippen MR) is 103 cm³/mol. The Labute approximate surface area is 154 Å². The number of benzene rings is 2. The van der Waals surface area contributed by atoms with Gasteiger partial charge in [0, 0.05) is 18.3 Å². The minimum Gasteiger partial charge on any atom is -0.493 e. The van der Waals surface area contributed by atoms with Crippen LogP contribution in [0.4, 0.5) is 0 Å². The summed E-state index contributed by atoms with van der Waals surface area (Å²) in [5.74, 6) is 1.53.